The van der Waals surface area contributed by atoms with E-state index in [0.29, 0.717) is 13.2 Å². The first kappa shape index (κ1) is 15.6. The number of fused-ring (bicyclic) bond motifs is 1. The van der Waals surface area contributed by atoms with Crippen molar-refractivity contribution in [3.63, 3.8) is 0 Å². The van der Waals surface area contributed by atoms with Gasteiger partial charge in [-0.05, 0) is 53.0 Å². The zero-order valence-electron chi connectivity index (χ0n) is 11.8. The molecule has 0 aliphatic carbocycles. The largest absolute Gasteiger partial charge is 0.490 e. The third-order valence-corrected chi connectivity index (χ3v) is 3.91. The van der Waals surface area contributed by atoms with Gasteiger partial charge in [-0.15, -0.1) is 0 Å². The molecule has 0 aromatic heterocycles. The molecule has 0 bridgehead atoms. The first-order chi connectivity index (χ1) is 9.70. The highest BCUT2D eigenvalue weighted by atomic mass is 79.9. The predicted molar refractivity (Wildman–Crippen MR) is 82.4 cm³/mol. The molecule has 1 heterocycles. The summed E-state index contributed by atoms with van der Waals surface area (Å²) in [6, 6.07) is 4.07. The zero-order chi connectivity index (χ0) is 14.4. The number of benzene rings is 1. The lowest BCUT2D eigenvalue weighted by molar-refractivity contribution is 0.159. The molecular formula is C15H22BrNO3. The molecule has 2 rings (SSSR count). The summed E-state index contributed by atoms with van der Waals surface area (Å²) in [4.78, 5) is 0. The minimum atomic E-state index is -0.210. The summed E-state index contributed by atoms with van der Waals surface area (Å²) in [7, 11) is 0. The van der Waals surface area contributed by atoms with Gasteiger partial charge in [0, 0.05) is 13.0 Å². The quantitative estimate of drug-likeness (QED) is 0.780. The van der Waals surface area contributed by atoms with Crippen molar-refractivity contribution in [3.05, 3.63) is 22.2 Å². The number of hydrogen-bond acceptors (Lipinski definition) is 4. The molecule has 1 aliphatic heterocycles. The van der Waals surface area contributed by atoms with Crippen LogP contribution in [0.3, 0.4) is 0 Å². The molecular weight excluding hydrogens is 322 g/mol. The van der Waals surface area contributed by atoms with Crippen LogP contribution in [0.15, 0.2) is 16.6 Å². The van der Waals surface area contributed by atoms with Crippen molar-refractivity contribution in [2.24, 2.45) is 0 Å². The van der Waals surface area contributed by atoms with Crippen molar-refractivity contribution in [3.8, 4) is 11.5 Å². The normalized spacial score (nSPS) is 15.8. The van der Waals surface area contributed by atoms with Crippen LogP contribution in [0.4, 0.5) is 0 Å². The topological polar surface area (TPSA) is 50.7 Å². The maximum atomic E-state index is 9.50. The fourth-order valence-electron chi connectivity index (χ4n) is 2.09. The lowest BCUT2D eigenvalue weighted by Crippen LogP contribution is -2.19. The fraction of sp³-hybridized carbons (Fsp3) is 0.600. The highest BCUT2D eigenvalue weighted by molar-refractivity contribution is 9.10. The van der Waals surface area contributed by atoms with Gasteiger partial charge in [-0.3, -0.25) is 0 Å². The summed E-state index contributed by atoms with van der Waals surface area (Å²) in [5.41, 5.74) is 1.15. The molecule has 0 fully saturated rings. The van der Waals surface area contributed by atoms with Crippen LogP contribution in [0.5, 0.6) is 11.5 Å². The van der Waals surface area contributed by atoms with Gasteiger partial charge in [0.1, 0.15) is 0 Å². The summed E-state index contributed by atoms with van der Waals surface area (Å²) >= 11 is 3.54. The van der Waals surface area contributed by atoms with Crippen molar-refractivity contribution in [1.29, 1.82) is 0 Å². The predicted octanol–water partition coefficient (Wildman–Crippen LogP) is 2.86. The molecule has 0 amide bonds. The number of aliphatic hydroxyl groups excluding tert-OH is 1. The minimum Gasteiger partial charge on any atom is -0.490 e. The molecule has 0 spiro atoms. The highest BCUT2D eigenvalue weighted by Crippen LogP contribution is 2.38. The van der Waals surface area contributed by atoms with E-state index < -0.39 is 0 Å². The van der Waals surface area contributed by atoms with Gasteiger partial charge in [0.15, 0.2) is 11.5 Å². The molecule has 0 radical (unpaired) electrons. The van der Waals surface area contributed by atoms with Crippen molar-refractivity contribution in [2.45, 2.75) is 38.8 Å². The Balaban J connectivity index is 1.92. The van der Waals surface area contributed by atoms with Crippen LogP contribution < -0.4 is 14.8 Å². The second-order valence-corrected chi connectivity index (χ2v) is 5.84. The summed E-state index contributed by atoms with van der Waals surface area (Å²) in [6.45, 7) is 4.94. The molecule has 4 nitrogen and oxygen atoms in total. The average Bonchev–Trinajstić information content (AvgIpc) is 2.69. The Morgan fingerprint density at radius 1 is 1.35 bits per heavy atom. The van der Waals surface area contributed by atoms with E-state index >= 15 is 0 Å². The highest BCUT2D eigenvalue weighted by Gasteiger charge is 2.15. The van der Waals surface area contributed by atoms with Crippen molar-refractivity contribution < 1.29 is 14.6 Å². The van der Waals surface area contributed by atoms with Crippen molar-refractivity contribution in [1.82, 2.24) is 5.32 Å². The van der Waals surface area contributed by atoms with E-state index in [9.17, 15) is 5.11 Å². The standard InChI is InChI=1S/C15H22BrNO3/c1-2-12(18)4-5-17-10-11-8-13(16)15-14(9-11)19-6-3-7-20-15/h8-9,12,17-18H,2-7,10H2,1H3. The Morgan fingerprint density at radius 2 is 2.15 bits per heavy atom. The van der Waals surface area contributed by atoms with Gasteiger partial charge in [0.05, 0.1) is 23.8 Å². The first-order valence-electron chi connectivity index (χ1n) is 7.17. The Morgan fingerprint density at radius 3 is 2.95 bits per heavy atom. The number of ether oxygens (including phenoxy) is 2. The fourth-order valence-corrected chi connectivity index (χ4v) is 2.70. The molecule has 1 unspecified atom stereocenters. The number of hydrogen-bond donors (Lipinski definition) is 2. The molecule has 1 atom stereocenters. The smallest absolute Gasteiger partial charge is 0.175 e. The molecule has 1 aromatic rings. The van der Waals surface area contributed by atoms with Gasteiger partial charge < -0.3 is 19.9 Å². The van der Waals surface area contributed by atoms with E-state index in [2.05, 4.69) is 27.3 Å². The van der Waals surface area contributed by atoms with Gasteiger partial charge in [0.25, 0.3) is 0 Å². The van der Waals surface area contributed by atoms with Crippen molar-refractivity contribution in [2.75, 3.05) is 19.8 Å². The summed E-state index contributed by atoms with van der Waals surface area (Å²) < 4.78 is 12.3. The van der Waals surface area contributed by atoms with Crippen LogP contribution in [0.2, 0.25) is 0 Å². The van der Waals surface area contributed by atoms with E-state index in [1.54, 1.807) is 0 Å². The van der Waals surface area contributed by atoms with Crippen LogP contribution in [0, 0.1) is 0 Å². The summed E-state index contributed by atoms with van der Waals surface area (Å²) in [6.07, 6.45) is 2.28. The van der Waals surface area contributed by atoms with Gasteiger partial charge in [-0.1, -0.05) is 6.92 Å². The molecule has 1 aliphatic rings. The number of halogens is 1. The van der Waals surface area contributed by atoms with E-state index in [0.717, 1.165) is 53.9 Å². The lowest BCUT2D eigenvalue weighted by Gasteiger charge is -2.13. The number of aliphatic hydroxyl groups is 1. The van der Waals surface area contributed by atoms with Crippen LogP contribution in [0.1, 0.15) is 31.7 Å². The zero-order valence-corrected chi connectivity index (χ0v) is 13.4. The molecule has 5 heteroatoms. The van der Waals surface area contributed by atoms with E-state index in [1.807, 2.05) is 13.0 Å². The third kappa shape index (κ3) is 4.36. The molecule has 1 aromatic carbocycles. The number of rotatable bonds is 6. The van der Waals surface area contributed by atoms with Crippen LogP contribution >= 0.6 is 15.9 Å². The summed E-state index contributed by atoms with van der Waals surface area (Å²) in [5, 5.41) is 12.8. The monoisotopic (exact) mass is 343 g/mol. The second-order valence-electron chi connectivity index (χ2n) is 4.98. The maximum absolute atomic E-state index is 9.50. The second kappa shape index (κ2) is 7.86. The van der Waals surface area contributed by atoms with E-state index in [4.69, 9.17) is 9.47 Å². The Hall–Kier alpha value is -0.780. The van der Waals surface area contributed by atoms with Crippen molar-refractivity contribution >= 4 is 15.9 Å². The van der Waals surface area contributed by atoms with Crippen LogP contribution in [-0.2, 0) is 6.54 Å². The van der Waals surface area contributed by atoms with E-state index in [1.165, 1.54) is 0 Å². The van der Waals surface area contributed by atoms with Gasteiger partial charge in [-0.25, -0.2) is 0 Å². The lowest BCUT2D eigenvalue weighted by atomic mass is 10.2. The average molecular weight is 344 g/mol. The Labute approximate surface area is 128 Å². The molecule has 0 saturated heterocycles. The molecule has 0 saturated carbocycles. The van der Waals surface area contributed by atoms with Gasteiger partial charge in [-0.2, -0.15) is 0 Å². The van der Waals surface area contributed by atoms with Gasteiger partial charge >= 0.3 is 0 Å². The Kier molecular flexibility index (Phi) is 6.13. The van der Waals surface area contributed by atoms with Crippen LogP contribution in [0.25, 0.3) is 0 Å². The molecule has 20 heavy (non-hydrogen) atoms. The molecule has 2 N–H and O–H groups in total. The minimum absolute atomic E-state index is 0.210. The molecule has 112 valence electrons. The maximum Gasteiger partial charge on any atom is 0.175 e. The number of nitrogens with one attached hydrogen (secondary N) is 1. The van der Waals surface area contributed by atoms with E-state index in [-0.39, 0.29) is 6.10 Å². The Bertz CT molecular complexity index is 439. The van der Waals surface area contributed by atoms with Gasteiger partial charge in [0.2, 0.25) is 0 Å². The van der Waals surface area contributed by atoms with Crippen LogP contribution in [-0.4, -0.2) is 31.0 Å². The third-order valence-electron chi connectivity index (χ3n) is 3.32. The SMILES string of the molecule is CCC(O)CCNCc1cc(Br)c2c(c1)OCCCO2. The summed E-state index contributed by atoms with van der Waals surface area (Å²) in [5.74, 6) is 1.61. The first-order valence-corrected chi connectivity index (χ1v) is 7.96.